The van der Waals surface area contributed by atoms with E-state index in [0.717, 1.165) is 6.42 Å². The summed E-state index contributed by atoms with van der Waals surface area (Å²) in [5.41, 5.74) is -0.222. The number of thiocarbonyl (C=S) groups is 1. The van der Waals surface area contributed by atoms with Gasteiger partial charge < -0.3 is 14.4 Å². The molecule has 3 amide bonds. The van der Waals surface area contributed by atoms with Crippen LogP contribution in [-0.4, -0.2) is 46.1 Å². The van der Waals surface area contributed by atoms with E-state index in [1.807, 2.05) is 30.3 Å². The molecule has 1 N–H and O–H groups in total. The smallest absolute Gasteiger partial charge is 0.410 e. The largest absolute Gasteiger partial charge is 0.457 e. The van der Waals surface area contributed by atoms with Gasteiger partial charge in [0.05, 0.1) is 11.7 Å². The summed E-state index contributed by atoms with van der Waals surface area (Å²) in [6.07, 6.45) is 2.44. The number of carbonyl (C=O) groups is 3. The highest BCUT2D eigenvalue weighted by molar-refractivity contribution is 7.80. The summed E-state index contributed by atoms with van der Waals surface area (Å²) in [5.74, 6) is 0.144. The molecule has 2 heterocycles. The summed E-state index contributed by atoms with van der Waals surface area (Å²) in [6.45, 7) is 5.87. The molecule has 0 saturated carbocycles. The molecule has 2 aromatic rings. The highest BCUT2D eigenvalue weighted by Crippen LogP contribution is 2.28. The molecule has 35 heavy (non-hydrogen) atoms. The van der Waals surface area contributed by atoms with E-state index in [9.17, 15) is 14.4 Å². The van der Waals surface area contributed by atoms with E-state index >= 15 is 0 Å². The van der Waals surface area contributed by atoms with Crippen molar-refractivity contribution < 1.29 is 23.9 Å². The van der Waals surface area contributed by atoms with Crippen molar-refractivity contribution in [3.05, 3.63) is 66.2 Å². The van der Waals surface area contributed by atoms with Gasteiger partial charge in [-0.15, -0.1) is 0 Å². The Hall–Kier alpha value is -3.72. The Bertz CT molecular complexity index is 1170. The van der Waals surface area contributed by atoms with Crippen LogP contribution < -0.4 is 15.0 Å². The Morgan fingerprint density at radius 3 is 2.37 bits per heavy atom. The molecule has 2 aromatic carbocycles. The Kier molecular flexibility index (Phi) is 6.88. The van der Waals surface area contributed by atoms with Gasteiger partial charge in [-0.2, -0.15) is 0 Å². The van der Waals surface area contributed by atoms with Gasteiger partial charge in [-0.1, -0.05) is 18.2 Å². The summed E-state index contributed by atoms with van der Waals surface area (Å²) < 4.78 is 11.3. The van der Waals surface area contributed by atoms with Gasteiger partial charge in [0.1, 0.15) is 22.7 Å². The standard InChI is InChI=1S/C26H27N3O5S/c1-26(2,3)34-25(32)28-15-7-8-18(28)16-21-22(30)27-24(35)29(23(21)31)17-11-13-20(14-12-17)33-19-9-5-4-6-10-19/h4-6,9-14,16,18H,7-8,15H2,1-3H3,(H,27,30,35)/b21-16+. The van der Waals surface area contributed by atoms with E-state index in [2.05, 4.69) is 5.32 Å². The van der Waals surface area contributed by atoms with Crippen LogP contribution in [0.1, 0.15) is 33.6 Å². The minimum atomic E-state index is -0.644. The molecule has 0 spiro atoms. The van der Waals surface area contributed by atoms with Gasteiger partial charge in [-0.25, -0.2) is 4.79 Å². The van der Waals surface area contributed by atoms with Crippen LogP contribution in [0, 0.1) is 0 Å². The monoisotopic (exact) mass is 493 g/mol. The van der Waals surface area contributed by atoms with Crippen molar-refractivity contribution >= 4 is 40.9 Å². The number of amides is 3. The normalized spacial score (nSPS) is 19.7. The average Bonchev–Trinajstić information content (AvgIpc) is 3.26. The van der Waals surface area contributed by atoms with E-state index in [1.165, 1.54) is 11.0 Å². The van der Waals surface area contributed by atoms with Crippen LogP contribution in [0.2, 0.25) is 0 Å². The Morgan fingerprint density at radius 1 is 1.06 bits per heavy atom. The van der Waals surface area contributed by atoms with Crippen LogP contribution in [0.5, 0.6) is 11.5 Å². The van der Waals surface area contributed by atoms with Gasteiger partial charge in [0.25, 0.3) is 11.8 Å². The first-order chi connectivity index (χ1) is 16.6. The zero-order chi connectivity index (χ0) is 25.2. The van der Waals surface area contributed by atoms with Crippen molar-refractivity contribution in [1.82, 2.24) is 10.2 Å². The fraction of sp³-hybridized carbons (Fsp3) is 0.308. The lowest BCUT2D eigenvalue weighted by Gasteiger charge is -2.31. The summed E-state index contributed by atoms with van der Waals surface area (Å²) in [4.78, 5) is 41.5. The lowest BCUT2D eigenvalue weighted by Crippen LogP contribution is -2.54. The minimum Gasteiger partial charge on any atom is -0.457 e. The minimum absolute atomic E-state index is 0.00991. The molecular weight excluding hydrogens is 466 g/mol. The molecule has 1 atom stereocenters. The molecule has 2 aliphatic rings. The number of carbonyl (C=O) groups excluding carboxylic acids is 3. The summed E-state index contributed by atoms with van der Waals surface area (Å²) >= 11 is 5.29. The van der Waals surface area contributed by atoms with Gasteiger partial charge >= 0.3 is 6.09 Å². The van der Waals surface area contributed by atoms with Gasteiger partial charge in [0.15, 0.2) is 5.11 Å². The second-order valence-corrected chi connectivity index (χ2v) is 9.66. The van der Waals surface area contributed by atoms with E-state index in [4.69, 9.17) is 21.7 Å². The number of hydrogen-bond donors (Lipinski definition) is 1. The van der Waals surface area contributed by atoms with Crippen LogP contribution in [0.3, 0.4) is 0 Å². The number of anilines is 1. The third-order valence-corrected chi connectivity index (χ3v) is 5.75. The fourth-order valence-electron chi connectivity index (χ4n) is 3.90. The zero-order valence-corrected chi connectivity index (χ0v) is 20.6. The SMILES string of the molecule is CC(C)(C)OC(=O)N1CCCC1/C=C1\C(=O)NC(=S)N(c2ccc(Oc3ccccc3)cc2)C1=O. The maximum Gasteiger partial charge on any atom is 0.410 e. The second kappa shape index (κ2) is 9.87. The first-order valence-corrected chi connectivity index (χ1v) is 11.8. The zero-order valence-electron chi connectivity index (χ0n) is 19.8. The Morgan fingerprint density at radius 2 is 1.71 bits per heavy atom. The summed E-state index contributed by atoms with van der Waals surface area (Å²) in [5, 5.41) is 2.57. The van der Waals surface area contributed by atoms with Crippen LogP contribution >= 0.6 is 12.2 Å². The number of likely N-dealkylation sites (tertiary alicyclic amines) is 1. The molecular formula is C26H27N3O5S. The molecule has 0 bridgehead atoms. The number of nitrogens with zero attached hydrogens (tertiary/aromatic N) is 2. The van der Waals surface area contributed by atoms with Crippen molar-refractivity contribution in [3.63, 3.8) is 0 Å². The molecule has 9 heteroatoms. The first-order valence-electron chi connectivity index (χ1n) is 11.4. The van der Waals surface area contributed by atoms with E-state index in [1.54, 1.807) is 49.9 Å². The molecule has 0 aliphatic carbocycles. The van der Waals surface area contributed by atoms with Crippen molar-refractivity contribution in [3.8, 4) is 11.5 Å². The average molecular weight is 494 g/mol. The highest BCUT2D eigenvalue weighted by Gasteiger charge is 2.38. The summed E-state index contributed by atoms with van der Waals surface area (Å²) in [7, 11) is 0. The van der Waals surface area contributed by atoms with Crippen molar-refractivity contribution in [2.75, 3.05) is 11.4 Å². The number of benzene rings is 2. The topological polar surface area (TPSA) is 88.2 Å². The van der Waals surface area contributed by atoms with Crippen LogP contribution in [0.15, 0.2) is 66.2 Å². The lowest BCUT2D eigenvalue weighted by molar-refractivity contribution is -0.122. The molecule has 1 unspecified atom stereocenters. The van der Waals surface area contributed by atoms with Crippen molar-refractivity contribution in [1.29, 1.82) is 0 Å². The number of hydrogen-bond acceptors (Lipinski definition) is 6. The molecule has 0 radical (unpaired) electrons. The molecule has 2 fully saturated rings. The van der Waals surface area contributed by atoms with Gasteiger partial charge in [0.2, 0.25) is 0 Å². The van der Waals surface area contributed by atoms with Gasteiger partial charge in [-0.05, 0) is 88.3 Å². The van der Waals surface area contributed by atoms with Gasteiger partial charge in [0, 0.05) is 6.54 Å². The predicted octanol–water partition coefficient (Wildman–Crippen LogP) is 4.55. The maximum atomic E-state index is 13.4. The Labute approximate surface area is 209 Å². The number of para-hydroxylation sites is 1. The Balaban J connectivity index is 1.54. The van der Waals surface area contributed by atoms with Crippen LogP contribution in [-0.2, 0) is 14.3 Å². The van der Waals surface area contributed by atoms with Crippen molar-refractivity contribution in [2.45, 2.75) is 45.3 Å². The lowest BCUT2D eigenvalue weighted by atomic mass is 10.1. The molecule has 2 aliphatic heterocycles. The number of rotatable bonds is 4. The van der Waals surface area contributed by atoms with Crippen LogP contribution in [0.4, 0.5) is 10.5 Å². The van der Waals surface area contributed by atoms with Gasteiger partial charge in [-0.3, -0.25) is 19.8 Å². The molecule has 0 aromatic heterocycles. The molecule has 2 saturated heterocycles. The van der Waals surface area contributed by atoms with E-state index in [0.29, 0.717) is 30.2 Å². The third kappa shape index (κ3) is 5.68. The first kappa shape index (κ1) is 24.4. The highest BCUT2D eigenvalue weighted by atomic mass is 32.1. The third-order valence-electron chi connectivity index (χ3n) is 5.46. The van der Waals surface area contributed by atoms with Crippen LogP contribution in [0.25, 0.3) is 0 Å². The molecule has 8 nitrogen and oxygen atoms in total. The van der Waals surface area contributed by atoms with E-state index < -0.39 is 29.6 Å². The fourth-order valence-corrected chi connectivity index (χ4v) is 4.19. The second-order valence-electron chi connectivity index (χ2n) is 9.27. The quantitative estimate of drug-likeness (QED) is 0.382. The molecule has 4 rings (SSSR count). The maximum absolute atomic E-state index is 13.4. The van der Waals surface area contributed by atoms with E-state index in [-0.39, 0.29) is 10.7 Å². The summed E-state index contributed by atoms with van der Waals surface area (Å²) in [6, 6.07) is 15.7. The number of nitrogens with one attached hydrogen (secondary N) is 1. The molecule has 182 valence electrons. The number of ether oxygens (including phenoxy) is 2. The predicted molar refractivity (Wildman–Crippen MR) is 135 cm³/mol. The van der Waals surface area contributed by atoms with Crippen molar-refractivity contribution in [2.24, 2.45) is 0 Å².